The normalized spacial score (nSPS) is 14.1. The maximum atomic E-state index is 2.53. The predicted octanol–water partition coefficient (Wildman–Crippen LogP) is 15.9. The van der Waals surface area contributed by atoms with Crippen LogP contribution in [-0.2, 0) is 10.8 Å². The topological polar surface area (TPSA) is 3.24 Å². The number of para-hydroxylation sites is 1. The molecule has 2 aliphatic rings. The Bertz CT molecular complexity index is 3230. The van der Waals surface area contributed by atoms with Crippen molar-refractivity contribution in [3.63, 3.8) is 0 Å². The second-order valence-corrected chi connectivity index (χ2v) is 17.8. The molecule has 2 heteroatoms. The highest BCUT2D eigenvalue weighted by Gasteiger charge is 2.53. The molecule has 284 valence electrons. The lowest BCUT2D eigenvalue weighted by Crippen LogP contribution is -2.40. The number of anilines is 3. The van der Waals surface area contributed by atoms with Gasteiger partial charge in [-0.05, 0) is 103 Å². The van der Waals surface area contributed by atoms with Gasteiger partial charge in [0.25, 0.3) is 0 Å². The lowest BCUT2D eigenvalue weighted by molar-refractivity contribution is 0.563. The van der Waals surface area contributed by atoms with E-state index >= 15 is 0 Å². The van der Waals surface area contributed by atoms with Gasteiger partial charge in [0.15, 0.2) is 0 Å². The van der Waals surface area contributed by atoms with Gasteiger partial charge in [0, 0.05) is 32.3 Å². The molecule has 0 bridgehead atoms. The molecule has 10 aromatic rings. The van der Waals surface area contributed by atoms with E-state index in [9.17, 15) is 0 Å². The molecule has 2 aliphatic carbocycles. The van der Waals surface area contributed by atoms with Crippen LogP contribution in [0.25, 0.3) is 53.6 Å². The van der Waals surface area contributed by atoms with Gasteiger partial charge in [0.1, 0.15) is 0 Å². The largest absolute Gasteiger partial charge is 0.309 e. The van der Waals surface area contributed by atoms with Crippen LogP contribution < -0.4 is 4.90 Å². The third-order valence-electron chi connectivity index (χ3n) is 13.4. The van der Waals surface area contributed by atoms with Crippen LogP contribution >= 0.6 is 11.3 Å². The zero-order valence-corrected chi connectivity index (χ0v) is 34.4. The van der Waals surface area contributed by atoms with Crippen LogP contribution in [0.4, 0.5) is 17.1 Å². The first kappa shape index (κ1) is 35.0. The molecule has 1 aromatic heterocycles. The molecule has 1 nitrogen and oxygen atoms in total. The summed E-state index contributed by atoms with van der Waals surface area (Å²) in [6.45, 7) is 4.79. The minimum absolute atomic E-state index is 0.133. The monoisotopic (exact) mass is 783 g/mol. The molecular weight excluding hydrogens is 743 g/mol. The molecule has 12 rings (SSSR count). The molecule has 0 radical (unpaired) electrons. The van der Waals surface area contributed by atoms with Gasteiger partial charge >= 0.3 is 0 Å². The average molecular weight is 784 g/mol. The maximum absolute atomic E-state index is 2.53. The smallest absolute Gasteiger partial charge is 0.0719 e. The molecule has 0 saturated carbocycles. The van der Waals surface area contributed by atoms with E-state index in [1.165, 1.54) is 92.6 Å². The van der Waals surface area contributed by atoms with E-state index < -0.39 is 5.41 Å². The summed E-state index contributed by atoms with van der Waals surface area (Å²) in [5.41, 5.74) is 18.8. The number of hydrogen-bond donors (Lipinski definition) is 0. The number of hydrogen-bond acceptors (Lipinski definition) is 2. The number of nitrogens with zero attached hydrogens (tertiary/aromatic N) is 1. The molecule has 1 heterocycles. The van der Waals surface area contributed by atoms with Crippen LogP contribution in [0.15, 0.2) is 212 Å². The van der Waals surface area contributed by atoms with Crippen molar-refractivity contribution in [2.45, 2.75) is 24.7 Å². The van der Waals surface area contributed by atoms with E-state index in [4.69, 9.17) is 0 Å². The predicted molar refractivity (Wildman–Crippen MR) is 254 cm³/mol. The van der Waals surface area contributed by atoms with E-state index in [1.54, 1.807) is 0 Å². The lowest BCUT2D eigenvalue weighted by Gasteiger charge is -2.46. The first-order valence-electron chi connectivity index (χ1n) is 20.9. The van der Waals surface area contributed by atoms with Crippen LogP contribution in [0.5, 0.6) is 0 Å². The standard InChI is InChI=1S/C58H41NS/c1-57(2)49-26-11-13-28-51(49)58(52-29-14-12-27-50(52)57)48-25-10-9-21-44(48)45-36-33-40(37-53(45)58)43-22-15-23-46-47-24-16-30-54(56(47)60-55(43)46)59(41-19-7-4-8-20-41)42-34-31-39(32-35-42)38-17-5-3-6-18-38/h3-37H,1-2H3. The molecule has 0 saturated heterocycles. The fourth-order valence-electron chi connectivity index (χ4n) is 10.7. The molecule has 0 amide bonds. The Morgan fingerprint density at radius 3 is 1.55 bits per heavy atom. The van der Waals surface area contributed by atoms with Crippen LogP contribution in [0.2, 0.25) is 0 Å². The van der Waals surface area contributed by atoms with Gasteiger partial charge in [-0.3, -0.25) is 0 Å². The molecule has 60 heavy (non-hydrogen) atoms. The zero-order chi connectivity index (χ0) is 40.0. The van der Waals surface area contributed by atoms with E-state index in [0.717, 1.165) is 11.4 Å². The molecular formula is C58H41NS. The second-order valence-electron chi connectivity index (χ2n) is 16.8. The summed E-state index contributed by atoms with van der Waals surface area (Å²) < 4.78 is 2.58. The summed E-state index contributed by atoms with van der Waals surface area (Å²) in [5.74, 6) is 0. The second kappa shape index (κ2) is 13.3. The molecule has 9 aromatic carbocycles. The fourth-order valence-corrected chi connectivity index (χ4v) is 12.0. The Kier molecular flexibility index (Phi) is 7.73. The van der Waals surface area contributed by atoms with Crippen LogP contribution in [-0.4, -0.2) is 0 Å². The van der Waals surface area contributed by atoms with Crippen molar-refractivity contribution < 1.29 is 0 Å². The Balaban J connectivity index is 1.06. The van der Waals surface area contributed by atoms with Gasteiger partial charge in [-0.1, -0.05) is 190 Å². The summed E-state index contributed by atoms with van der Waals surface area (Å²) in [4.78, 5) is 2.42. The Hall–Kier alpha value is -7.00. The third kappa shape index (κ3) is 4.92. The van der Waals surface area contributed by atoms with E-state index in [-0.39, 0.29) is 5.41 Å². The van der Waals surface area contributed by atoms with Gasteiger partial charge in [-0.25, -0.2) is 0 Å². The molecule has 0 unspecified atom stereocenters. The van der Waals surface area contributed by atoms with E-state index in [0.29, 0.717) is 0 Å². The molecule has 0 fully saturated rings. The summed E-state index contributed by atoms with van der Waals surface area (Å²) in [5, 5.41) is 2.56. The summed E-state index contributed by atoms with van der Waals surface area (Å²) >= 11 is 1.91. The Morgan fingerprint density at radius 1 is 0.350 bits per heavy atom. The van der Waals surface area contributed by atoms with Crippen molar-refractivity contribution in [1.82, 2.24) is 0 Å². The average Bonchev–Trinajstić information content (AvgIpc) is 3.84. The van der Waals surface area contributed by atoms with Crippen LogP contribution in [0.1, 0.15) is 47.2 Å². The first-order chi connectivity index (χ1) is 29.5. The minimum atomic E-state index is -0.432. The summed E-state index contributed by atoms with van der Waals surface area (Å²) in [6.07, 6.45) is 0. The first-order valence-corrected chi connectivity index (χ1v) is 21.7. The summed E-state index contributed by atoms with van der Waals surface area (Å²) in [6, 6.07) is 79.0. The number of thiophene rings is 1. The van der Waals surface area contributed by atoms with Gasteiger partial charge < -0.3 is 4.90 Å². The quantitative estimate of drug-likeness (QED) is 0.168. The molecule has 0 atom stereocenters. The fraction of sp³-hybridized carbons (Fsp3) is 0.0690. The van der Waals surface area contributed by atoms with Crippen molar-refractivity contribution in [2.24, 2.45) is 0 Å². The highest BCUT2D eigenvalue weighted by atomic mass is 32.1. The minimum Gasteiger partial charge on any atom is -0.309 e. The Labute approximate surface area is 355 Å². The maximum Gasteiger partial charge on any atom is 0.0719 e. The van der Waals surface area contributed by atoms with Crippen molar-refractivity contribution in [2.75, 3.05) is 4.90 Å². The van der Waals surface area contributed by atoms with Crippen molar-refractivity contribution >= 4 is 48.6 Å². The Morgan fingerprint density at radius 2 is 0.850 bits per heavy atom. The molecule has 0 aliphatic heterocycles. The van der Waals surface area contributed by atoms with Gasteiger partial charge in [0.05, 0.1) is 15.8 Å². The van der Waals surface area contributed by atoms with Crippen molar-refractivity contribution in [1.29, 1.82) is 0 Å². The molecule has 1 spiro atoms. The number of fused-ring (bicyclic) bond motifs is 12. The zero-order valence-electron chi connectivity index (χ0n) is 33.6. The SMILES string of the molecule is CC1(C)c2ccccc2C2(c3ccccc3-c3ccc(-c4cccc5c4sc4c(N(c6ccccc6)c6ccc(-c7ccccc7)cc6)cccc45)cc32)c2ccccc21. The van der Waals surface area contributed by atoms with Crippen LogP contribution in [0.3, 0.4) is 0 Å². The van der Waals surface area contributed by atoms with Gasteiger partial charge in [-0.15, -0.1) is 11.3 Å². The highest BCUT2D eigenvalue weighted by molar-refractivity contribution is 7.27. The van der Waals surface area contributed by atoms with Crippen LogP contribution in [0, 0.1) is 0 Å². The van der Waals surface area contributed by atoms with Crippen molar-refractivity contribution in [3.8, 4) is 33.4 Å². The molecule has 0 N–H and O–H groups in total. The van der Waals surface area contributed by atoms with E-state index in [1.807, 2.05) is 11.3 Å². The summed E-state index contributed by atoms with van der Waals surface area (Å²) in [7, 11) is 0. The number of rotatable bonds is 5. The van der Waals surface area contributed by atoms with Gasteiger partial charge in [-0.2, -0.15) is 0 Å². The number of benzene rings is 9. The highest BCUT2D eigenvalue weighted by Crippen LogP contribution is 2.62. The van der Waals surface area contributed by atoms with Gasteiger partial charge in [0.2, 0.25) is 0 Å². The lowest BCUT2D eigenvalue weighted by atomic mass is 9.55. The van der Waals surface area contributed by atoms with Crippen molar-refractivity contribution in [3.05, 3.63) is 246 Å². The third-order valence-corrected chi connectivity index (χ3v) is 14.6. The van der Waals surface area contributed by atoms with E-state index in [2.05, 4.69) is 231 Å².